The first-order chi connectivity index (χ1) is 13.5. The highest BCUT2D eigenvalue weighted by Gasteiger charge is 2.45. The maximum absolute atomic E-state index is 13.4. The number of nitrogens with one attached hydrogen (secondary N) is 1. The van der Waals surface area contributed by atoms with Crippen LogP contribution in [-0.2, 0) is 12.0 Å². The summed E-state index contributed by atoms with van der Waals surface area (Å²) < 4.78 is 5.29. The Bertz CT molecular complexity index is 1060. The van der Waals surface area contributed by atoms with Gasteiger partial charge in [0.25, 0.3) is 11.6 Å². The number of hydrogen-bond donors (Lipinski definition) is 1. The number of aromatic amines is 1. The van der Waals surface area contributed by atoms with Crippen molar-refractivity contribution in [3.05, 3.63) is 40.7 Å². The molecule has 3 aromatic heterocycles. The van der Waals surface area contributed by atoms with Gasteiger partial charge in [-0.25, -0.2) is 9.97 Å². The average molecular weight is 380 g/mol. The molecule has 2 aliphatic heterocycles. The molecule has 0 atom stereocenters. The molecule has 5 heterocycles. The van der Waals surface area contributed by atoms with Crippen molar-refractivity contribution in [1.82, 2.24) is 29.9 Å². The van der Waals surface area contributed by atoms with Crippen molar-refractivity contribution < 1.29 is 9.32 Å². The van der Waals surface area contributed by atoms with Gasteiger partial charge in [-0.3, -0.25) is 9.69 Å². The number of pyridine rings is 1. The van der Waals surface area contributed by atoms with E-state index in [0.29, 0.717) is 30.1 Å². The molecule has 0 bridgehead atoms. The van der Waals surface area contributed by atoms with Crippen molar-refractivity contribution in [2.24, 2.45) is 0 Å². The van der Waals surface area contributed by atoms with Crippen molar-refractivity contribution in [2.75, 3.05) is 26.7 Å². The summed E-state index contributed by atoms with van der Waals surface area (Å²) in [6, 6.07) is 1.85. The number of likely N-dealkylation sites (tertiary alicyclic amines) is 1. The Morgan fingerprint density at radius 3 is 2.82 bits per heavy atom. The number of piperidine rings is 1. The number of carbonyl (C=O) groups is 1. The number of fused-ring (bicyclic) bond motifs is 3. The predicted octanol–water partition coefficient (Wildman–Crippen LogP) is 2.18. The first-order valence-electron chi connectivity index (χ1n) is 9.76. The largest absolute Gasteiger partial charge is 0.348 e. The molecule has 146 valence electrons. The highest BCUT2D eigenvalue weighted by molar-refractivity contribution is 6.06. The second-order valence-electron chi connectivity index (χ2n) is 7.98. The maximum Gasteiger partial charge on any atom is 0.258 e. The molecule has 8 heteroatoms. The van der Waals surface area contributed by atoms with Gasteiger partial charge in [-0.2, -0.15) is 0 Å². The molecule has 0 aliphatic carbocycles. The Morgan fingerprint density at radius 1 is 1.25 bits per heavy atom. The van der Waals surface area contributed by atoms with Gasteiger partial charge in [0, 0.05) is 37.4 Å². The smallest absolute Gasteiger partial charge is 0.258 e. The Kier molecular flexibility index (Phi) is 3.80. The van der Waals surface area contributed by atoms with Crippen LogP contribution in [0, 0.1) is 13.8 Å². The Labute approximate surface area is 162 Å². The lowest BCUT2D eigenvalue weighted by atomic mass is 9.79. The van der Waals surface area contributed by atoms with Crippen LogP contribution in [0.4, 0.5) is 0 Å². The number of amides is 1. The SMILES string of the molecule is Cc1cc(C(=O)N2CCC3(CC2)c2nc[nH]c2CCN3C)c2c(C)noc2n1. The quantitative estimate of drug-likeness (QED) is 0.696. The summed E-state index contributed by atoms with van der Waals surface area (Å²) in [7, 11) is 2.17. The van der Waals surface area contributed by atoms with Crippen LogP contribution in [0.3, 0.4) is 0 Å². The highest BCUT2D eigenvalue weighted by atomic mass is 16.5. The fourth-order valence-electron chi connectivity index (χ4n) is 4.84. The number of likely N-dealkylation sites (N-methyl/N-ethyl adjacent to an activating group) is 1. The second-order valence-corrected chi connectivity index (χ2v) is 7.98. The summed E-state index contributed by atoms with van der Waals surface area (Å²) in [6.45, 7) is 6.12. The molecular formula is C20H24N6O2. The number of rotatable bonds is 1. The highest BCUT2D eigenvalue weighted by Crippen LogP contribution is 2.41. The number of carbonyl (C=O) groups excluding carboxylic acids is 1. The summed E-state index contributed by atoms with van der Waals surface area (Å²) in [5.74, 6) is 0.0253. The van der Waals surface area contributed by atoms with E-state index in [4.69, 9.17) is 4.52 Å². The van der Waals surface area contributed by atoms with E-state index < -0.39 is 0 Å². The van der Waals surface area contributed by atoms with E-state index in [1.165, 1.54) is 5.69 Å². The Balaban J connectivity index is 1.44. The molecule has 0 aromatic carbocycles. The van der Waals surface area contributed by atoms with Gasteiger partial charge in [0.1, 0.15) is 0 Å². The maximum atomic E-state index is 13.4. The molecule has 2 aliphatic rings. The fraction of sp³-hybridized carbons (Fsp3) is 0.500. The zero-order chi connectivity index (χ0) is 19.5. The number of aromatic nitrogens is 4. The lowest BCUT2D eigenvalue weighted by Gasteiger charge is -2.49. The summed E-state index contributed by atoms with van der Waals surface area (Å²) in [6.07, 6.45) is 4.55. The number of nitrogens with zero attached hydrogens (tertiary/aromatic N) is 5. The summed E-state index contributed by atoms with van der Waals surface area (Å²) >= 11 is 0. The van der Waals surface area contributed by atoms with Crippen LogP contribution in [0.1, 0.15) is 46.0 Å². The third-order valence-corrected chi connectivity index (χ3v) is 6.44. The number of H-pyrrole nitrogens is 1. The standard InChI is InChI=1S/C20H24N6O2/c1-12-10-14(16-13(2)24-28-18(16)23-12)19(27)26-8-5-20(6-9-26)17-15(21-11-22-17)4-7-25(20)3/h10-11H,4-9H2,1-3H3,(H,21,22). The van der Waals surface area contributed by atoms with Crippen LogP contribution in [0.15, 0.2) is 16.9 Å². The van der Waals surface area contributed by atoms with Crippen LogP contribution in [0.25, 0.3) is 11.1 Å². The first-order valence-corrected chi connectivity index (χ1v) is 9.76. The van der Waals surface area contributed by atoms with Gasteiger partial charge in [0.15, 0.2) is 0 Å². The normalized spacial score (nSPS) is 19.3. The van der Waals surface area contributed by atoms with Crippen molar-refractivity contribution in [3.63, 3.8) is 0 Å². The Hall–Kier alpha value is -2.74. The molecule has 8 nitrogen and oxygen atoms in total. The van der Waals surface area contributed by atoms with Crippen LogP contribution in [0.2, 0.25) is 0 Å². The first kappa shape index (κ1) is 17.4. The topological polar surface area (TPSA) is 91.2 Å². The van der Waals surface area contributed by atoms with E-state index in [1.54, 1.807) is 6.33 Å². The monoisotopic (exact) mass is 380 g/mol. The summed E-state index contributed by atoms with van der Waals surface area (Å²) in [5.41, 5.74) is 4.84. The number of imidazole rings is 1. The Morgan fingerprint density at radius 2 is 2.04 bits per heavy atom. The van der Waals surface area contributed by atoms with E-state index in [1.807, 2.05) is 24.8 Å². The van der Waals surface area contributed by atoms with Gasteiger partial charge < -0.3 is 14.4 Å². The van der Waals surface area contributed by atoms with Crippen LogP contribution in [0.5, 0.6) is 0 Å². The van der Waals surface area contributed by atoms with Gasteiger partial charge in [-0.05, 0) is 39.8 Å². The van der Waals surface area contributed by atoms with Gasteiger partial charge in [-0.1, -0.05) is 5.16 Å². The van der Waals surface area contributed by atoms with E-state index in [9.17, 15) is 4.79 Å². The fourth-order valence-corrected chi connectivity index (χ4v) is 4.84. The van der Waals surface area contributed by atoms with Gasteiger partial charge in [0.2, 0.25) is 0 Å². The van der Waals surface area contributed by atoms with Crippen LogP contribution >= 0.6 is 0 Å². The van der Waals surface area contributed by atoms with Crippen molar-refractivity contribution >= 4 is 17.0 Å². The molecule has 1 saturated heterocycles. The van der Waals surface area contributed by atoms with E-state index >= 15 is 0 Å². The summed E-state index contributed by atoms with van der Waals surface area (Å²) in [4.78, 5) is 30.0. The number of hydrogen-bond acceptors (Lipinski definition) is 6. The van der Waals surface area contributed by atoms with Gasteiger partial charge >= 0.3 is 0 Å². The van der Waals surface area contributed by atoms with E-state index in [2.05, 4.69) is 32.1 Å². The molecule has 5 rings (SSSR count). The molecule has 1 amide bonds. The lowest BCUT2D eigenvalue weighted by Crippen LogP contribution is -2.55. The molecule has 1 N–H and O–H groups in total. The third kappa shape index (κ3) is 2.40. The molecule has 1 spiro atoms. The molecule has 0 saturated carbocycles. The van der Waals surface area contributed by atoms with Crippen LogP contribution < -0.4 is 0 Å². The van der Waals surface area contributed by atoms with Crippen molar-refractivity contribution in [2.45, 2.75) is 38.6 Å². The minimum absolute atomic E-state index is 0.0253. The molecule has 28 heavy (non-hydrogen) atoms. The lowest BCUT2D eigenvalue weighted by molar-refractivity contribution is 0.0226. The summed E-state index contributed by atoms with van der Waals surface area (Å²) in [5, 5.41) is 4.72. The van der Waals surface area contributed by atoms with Gasteiger partial charge in [0.05, 0.1) is 34.2 Å². The van der Waals surface area contributed by atoms with Gasteiger partial charge in [-0.15, -0.1) is 0 Å². The van der Waals surface area contributed by atoms with Crippen molar-refractivity contribution in [1.29, 1.82) is 0 Å². The molecule has 0 unspecified atom stereocenters. The van der Waals surface area contributed by atoms with Crippen LogP contribution in [-0.4, -0.2) is 62.5 Å². The minimum Gasteiger partial charge on any atom is -0.348 e. The average Bonchev–Trinajstić information content (AvgIpc) is 3.32. The number of aryl methyl sites for hydroxylation is 2. The minimum atomic E-state index is -0.0824. The van der Waals surface area contributed by atoms with E-state index in [0.717, 1.165) is 42.6 Å². The predicted molar refractivity (Wildman–Crippen MR) is 103 cm³/mol. The molecule has 0 radical (unpaired) electrons. The third-order valence-electron chi connectivity index (χ3n) is 6.44. The molecular weight excluding hydrogens is 356 g/mol. The zero-order valence-corrected chi connectivity index (χ0v) is 16.4. The van der Waals surface area contributed by atoms with Crippen molar-refractivity contribution in [3.8, 4) is 0 Å². The zero-order valence-electron chi connectivity index (χ0n) is 16.4. The molecule has 3 aromatic rings. The molecule has 1 fully saturated rings. The second kappa shape index (κ2) is 6.13. The van der Waals surface area contributed by atoms with E-state index in [-0.39, 0.29) is 11.4 Å².